The van der Waals surface area contributed by atoms with Crippen molar-refractivity contribution < 1.29 is 14.3 Å². The molecule has 0 aliphatic rings. The van der Waals surface area contributed by atoms with Gasteiger partial charge in [-0.05, 0) is 35.4 Å². The summed E-state index contributed by atoms with van der Waals surface area (Å²) in [4.78, 5) is 11.6. The highest BCUT2D eigenvalue weighted by Crippen LogP contribution is 2.23. The molecule has 0 amide bonds. The van der Waals surface area contributed by atoms with E-state index in [1.54, 1.807) is 17.8 Å². The van der Waals surface area contributed by atoms with Crippen LogP contribution in [-0.4, -0.2) is 11.1 Å². The minimum Gasteiger partial charge on any atom is -0.481 e. The van der Waals surface area contributed by atoms with Crippen molar-refractivity contribution >= 4 is 17.7 Å². The van der Waals surface area contributed by atoms with Gasteiger partial charge >= 0.3 is 5.97 Å². The summed E-state index contributed by atoms with van der Waals surface area (Å²) in [5, 5.41) is 8.67. The van der Waals surface area contributed by atoms with Crippen LogP contribution < -0.4 is 0 Å². The number of carbonyl (C=O) groups is 1. The topological polar surface area (TPSA) is 37.3 Å². The second-order valence-electron chi connectivity index (χ2n) is 4.13. The largest absolute Gasteiger partial charge is 0.481 e. The standard InChI is InChI=1S/C15H13FO2S/c16-13-3-1-2-12(8-13)10-19-14-6-4-11(5-7-14)9-15(17)18/h1-8H,9-10H2,(H,17,18). The van der Waals surface area contributed by atoms with Crippen molar-refractivity contribution in [3.05, 3.63) is 65.5 Å². The van der Waals surface area contributed by atoms with Crippen molar-refractivity contribution in [2.75, 3.05) is 0 Å². The molecule has 2 rings (SSSR count). The third kappa shape index (κ3) is 4.41. The monoisotopic (exact) mass is 276 g/mol. The third-order valence-corrected chi connectivity index (χ3v) is 3.66. The third-order valence-electron chi connectivity index (χ3n) is 2.57. The smallest absolute Gasteiger partial charge is 0.307 e. The molecule has 0 radical (unpaired) electrons. The predicted octanol–water partition coefficient (Wildman–Crippen LogP) is 3.75. The average molecular weight is 276 g/mol. The Morgan fingerprint density at radius 2 is 1.84 bits per heavy atom. The van der Waals surface area contributed by atoms with Crippen LogP contribution in [0.3, 0.4) is 0 Å². The minimum atomic E-state index is -0.833. The molecule has 0 aromatic heterocycles. The fraction of sp³-hybridized carbons (Fsp3) is 0.133. The first-order chi connectivity index (χ1) is 9.13. The SMILES string of the molecule is O=C(O)Cc1ccc(SCc2cccc(F)c2)cc1. The Bertz CT molecular complexity index is 567. The lowest BCUT2D eigenvalue weighted by Crippen LogP contribution is -1.99. The van der Waals surface area contributed by atoms with E-state index in [1.165, 1.54) is 12.1 Å². The van der Waals surface area contributed by atoms with Crippen molar-refractivity contribution in [1.29, 1.82) is 0 Å². The predicted molar refractivity (Wildman–Crippen MR) is 73.7 cm³/mol. The summed E-state index contributed by atoms with van der Waals surface area (Å²) >= 11 is 1.60. The van der Waals surface area contributed by atoms with Crippen molar-refractivity contribution in [1.82, 2.24) is 0 Å². The summed E-state index contributed by atoms with van der Waals surface area (Å²) in [6.45, 7) is 0. The fourth-order valence-corrected chi connectivity index (χ4v) is 2.51. The molecule has 0 bridgehead atoms. The van der Waals surface area contributed by atoms with Gasteiger partial charge < -0.3 is 5.11 Å². The van der Waals surface area contributed by atoms with Crippen molar-refractivity contribution in [2.24, 2.45) is 0 Å². The van der Waals surface area contributed by atoms with Gasteiger partial charge in [0.2, 0.25) is 0 Å². The van der Waals surface area contributed by atoms with E-state index in [9.17, 15) is 9.18 Å². The summed E-state index contributed by atoms with van der Waals surface area (Å²) in [5.41, 5.74) is 1.71. The van der Waals surface area contributed by atoms with Gasteiger partial charge in [-0.2, -0.15) is 0 Å². The molecule has 1 N–H and O–H groups in total. The highest BCUT2D eigenvalue weighted by molar-refractivity contribution is 7.98. The van der Waals surface area contributed by atoms with Crippen LogP contribution in [0.2, 0.25) is 0 Å². The summed E-state index contributed by atoms with van der Waals surface area (Å²) in [7, 11) is 0. The lowest BCUT2D eigenvalue weighted by molar-refractivity contribution is -0.136. The van der Waals surface area contributed by atoms with Crippen LogP contribution in [0.4, 0.5) is 4.39 Å². The molecule has 0 unspecified atom stereocenters. The Labute approximate surface area is 115 Å². The van der Waals surface area contributed by atoms with Crippen LogP contribution >= 0.6 is 11.8 Å². The van der Waals surface area contributed by atoms with Crippen LogP contribution in [0, 0.1) is 5.82 Å². The van der Waals surface area contributed by atoms with Gasteiger partial charge in [0.25, 0.3) is 0 Å². The zero-order valence-corrected chi connectivity index (χ0v) is 11.0. The van der Waals surface area contributed by atoms with Gasteiger partial charge in [0.15, 0.2) is 0 Å². The van der Waals surface area contributed by atoms with E-state index in [-0.39, 0.29) is 12.2 Å². The molecular formula is C15H13FO2S. The van der Waals surface area contributed by atoms with Gasteiger partial charge in [-0.3, -0.25) is 4.79 Å². The average Bonchev–Trinajstić information content (AvgIpc) is 2.37. The van der Waals surface area contributed by atoms with Crippen LogP contribution in [0.15, 0.2) is 53.4 Å². The molecule has 19 heavy (non-hydrogen) atoms. The molecule has 0 aliphatic heterocycles. The number of carboxylic acid groups (broad SMARTS) is 1. The van der Waals surface area contributed by atoms with Gasteiger partial charge in [0.1, 0.15) is 5.82 Å². The van der Waals surface area contributed by atoms with Crippen LogP contribution in [0.25, 0.3) is 0 Å². The first-order valence-corrected chi connectivity index (χ1v) is 6.80. The number of thioether (sulfide) groups is 1. The molecule has 0 heterocycles. The maximum atomic E-state index is 13.0. The molecule has 4 heteroatoms. The van der Waals surface area contributed by atoms with E-state index in [4.69, 9.17) is 5.11 Å². The first-order valence-electron chi connectivity index (χ1n) is 5.81. The van der Waals surface area contributed by atoms with E-state index in [0.717, 1.165) is 16.0 Å². The molecule has 0 saturated heterocycles. The van der Waals surface area contributed by atoms with E-state index >= 15 is 0 Å². The number of aliphatic carboxylic acids is 1. The maximum absolute atomic E-state index is 13.0. The number of carboxylic acids is 1. The Kier molecular flexibility index (Phi) is 4.58. The number of benzene rings is 2. The van der Waals surface area contributed by atoms with Crippen LogP contribution in [0.1, 0.15) is 11.1 Å². The van der Waals surface area contributed by atoms with Crippen LogP contribution in [-0.2, 0) is 17.0 Å². The molecular weight excluding hydrogens is 263 g/mol. The highest BCUT2D eigenvalue weighted by atomic mass is 32.2. The number of hydrogen-bond donors (Lipinski definition) is 1. The Balaban J connectivity index is 1.94. The summed E-state index contributed by atoms with van der Waals surface area (Å²) in [6, 6.07) is 13.9. The number of rotatable bonds is 5. The molecule has 0 aliphatic carbocycles. The molecule has 2 aromatic carbocycles. The summed E-state index contributed by atoms with van der Waals surface area (Å²) in [6.07, 6.45) is 0.0366. The highest BCUT2D eigenvalue weighted by Gasteiger charge is 2.01. The quantitative estimate of drug-likeness (QED) is 0.845. The van der Waals surface area contributed by atoms with E-state index in [2.05, 4.69) is 0 Å². The summed E-state index contributed by atoms with van der Waals surface area (Å²) in [5.74, 6) is -0.370. The maximum Gasteiger partial charge on any atom is 0.307 e. The van der Waals surface area contributed by atoms with E-state index < -0.39 is 5.97 Å². The minimum absolute atomic E-state index is 0.0366. The van der Waals surface area contributed by atoms with E-state index in [1.807, 2.05) is 30.3 Å². The Morgan fingerprint density at radius 3 is 2.47 bits per heavy atom. The van der Waals surface area contributed by atoms with Gasteiger partial charge in [0, 0.05) is 10.6 Å². The van der Waals surface area contributed by atoms with E-state index in [0.29, 0.717) is 5.75 Å². The second kappa shape index (κ2) is 6.38. The van der Waals surface area contributed by atoms with Gasteiger partial charge in [-0.15, -0.1) is 11.8 Å². The lowest BCUT2D eigenvalue weighted by atomic mass is 10.2. The molecule has 98 valence electrons. The molecule has 0 fully saturated rings. The Hall–Kier alpha value is -1.81. The molecule has 2 aromatic rings. The molecule has 0 atom stereocenters. The molecule has 0 saturated carbocycles. The van der Waals surface area contributed by atoms with Crippen LogP contribution in [0.5, 0.6) is 0 Å². The zero-order chi connectivity index (χ0) is 13.7. The van der Waals surface area contributed by atoms with Crippen molar-refractivity contribution in [3.8, 4) is 0 Å². The Morgan fingerprint density at radius 1 is 1.11 bits per heavy atom. The fourth-order valence-electron chi connectivity index (χ4n) is 1.67. The number of hydrogen-bond acceptors (Lipinski definition) is 2. The lowest BCUT2D eigenvalue weighted by Gasteiger charge is -2.03. The van der Waals surface area contributed by atoms with Gasteiger partial charge in [-0.25, -0.2) is 4.39 Å². The van der Waals surface area contributed by atoms with Gasteiger partial charge in [-0.1, -0.05) is 24.3 Å². The molecule has 2 nitrogen and oxygen atoms in total. The van der Waals surface area contributed by atoms with Crippen molar-refractivity contribution in [2.45, 2.75) is 17.1 Å². The normalized spacial score (nSPS) is 10.4. The van der Waals surface area contributed by atoms with Crippen molar-refractivity contribution in [3.63, 3.8) is 0 Å². The molecule has 0 spiro atoms. The first kappa shape index (κ1) is 13.6. The second-order valence-corrected chi connectivity index (χ2v) is 5.18. The zero-order valence-electron chi connectivity index (χ0n) is 10.2. The van der Waals surface area contributed by atoms with Gasteiger partial charge in [0.05, 0.1) is 6.42 Å². The summed E-state index contributed by atoms with van der Waals surface area (Å²) < 4.78 is 13.0. The number of halogens is 1.